The van der Waals surface area contributed by atoms with Crippen LogP contribution in [0.5, 0.6) is 0 Å². The van der Waals surface area contributed by atoms with Crippen molar-refractivity contribution in [2.45, 2.75) is 19.4 Å². The lowest BCUT2D eigenvalue weighted by molar-refractivity contribution is 0.191. The van der Waals surface area contributed by atoms with Gasteiger partial charge in [-0.1, -0.05) is 12.1 Å². The largest absolute Gasteiger partial charge is 0.465 e. The number of nitriles is 1. The first-order chi connectivity index (χ1) is 13.1. The Hall–Kier alpha value is -3.60. The molecule has 0 spiro atoms. The fraction of sp³-hybridized carbons (Fsp3) is 0.263. The fourth-order valence-electron chi connectivity index (χ4n) is 3.62. The molecule has 1 atom stereocenters. The molecule has 0 radical (unpaired) electrons. The van der Waals surface area contributed by atoms with E-state index in [4.69, 9.17) is 10.1 Å². The van der Waals surface area contributed by atoms with Crippen molar-refractivity contribution in [3.8, 4) is 17.3 Å². The van der Waals surface area contributed by atoms with Gasteiger partial charge in [0.15, 0.2) is 0 Å². The van der Waals surface area contributed by atoms with Crippen molar-refractivity contribution in [2.75, 3.05) is 18.0 Å². The predicted octanol–water partition coefficient (Wildman–Crippen LogP) is 2.65. The molecule has 8 nitrogen and oxygen atoms in total. The smallest absolute Gasteiger partial charge is 0.404 e. The molecule has 4 rings (SSSR count). The minimum atomic E-state index is -1.00. The van der Waals surface area contributed by atoms with Gasteiger partial charge in [-0.2, -0.15) is 5.26 Å². The van der Waals surface area contributed by atoms with Crippen molar-refractivity contribution in [1.29, 1.82) is 5.26 Å². The van der Waals surface area contributed by atoms with Gasteiger partial charge in [0.1, 0.15) is 11.9 Å². The Bertz CT molecular complexity index is 1070. The SMILES string of the molecule is Cc1nc(-c2c[nH]c3c(C#N)cccc23)cnc1N1CCC(NC(=O)O)C1. The molecule has 1 unspecified atom stereocenters. The van der Waals surface area contributed by atoms with E-state index in [1.807, 2.05) is 25.3 Å². The van der Waals surface area contributed by atoms with Gasteiger partial charge in [-0.3, -0.25) is 0 Å². The second-order valence-corrected chi connectivity index (χ2v) is 6.59. The molecule has 1 fully saturated rings. The Morgan fingerprint density at radius 3 is 3.07 bits per heavy atom. The number of aromatic nitrogens is 3. The molecule has 3 heterocycles. The topological polar surface area (TPSA) is 118 Å². The van der Waals surface area contributed by atoms with Crippen LogP contribution in [0.25, 0.3) is 22.2 Å². The summed E-state index contributed by atoms with van der Waals surface area (Å²) in [7, 11) is 0. The number of aromatic amines is 1. The first-order valence-electron chi connectivity index (χ1n) is 8.65. The maximum absolute atomic E-state index is 10.8. The lowest BCUT2D eigenvalue weighted by atomic mass is 10.1. The average molecular weight is 362 g/mol. The van der Waals surface area contributed by atoms with Crippen LogP contribution in [0.3, 0.4) is 0 Å². The van der Waals surface area contributed by atoms with E-state index in [1.165, 1.54) is 0 Å². The van der Waals surface area contributed by atoms with Crippen LogP contribution in [-0.2, 0) is 0 Å². The van der Waals surface area contributed by atoms with Crippen LogP contribution in [0.4, 0.5) is 10.6 Å². The molecule has 0 aliphatic carbocycles. The van der Waals surface area contributed by atoms with Crippen LogP contribution in [0.15, 0.2) is 30.6 Å². The van der Waals surface area contributed by atoms with Crippen LogP contribution in [0.2, 0.25) is 0 Å². The summed E-state index contributed by atoms with van der Waals surface area (Å²) in [5.41, 5.74) is 3.80. The maximum Gasteiger partial charge on any atom is 0.404 e. The number of aryl methyl sites for hydroxylation is 1. The Morgan fingerprint density at radius 1 is 1.48 bits per heavy atom. The molecule has 8 heteroatoms. The van der Waals surface area contributed by atoms with E-state index in [0.29, 0.717) is 12.1 Å². The standard InChI is InChI=1S/C19H18N6O2/c1-11-18(25-6-5-13(10-25)24-19(26)27)22-9-16(23-11)15-8-21-17-12(7-20)3-2-4-14(15)17/h2-4,8-9,13,21,24H,5-6,10H2,1H3,(H,26,27). The number of H-pyrrole nitrogens is 1. The summed E-state index contributed by atoms with van der Waals surface area (Å²) >= 11 is 0. The molecule has 0 saturated carbocycles. The van der Waals surface area contributed by atoms with Gasteiger partial charge in [0, 0.05) is 30.2 Å². The van der Waals surface area contributed by atoms with Crippen LogP contribution in [0.1, 0.15) is 17.7 Å². The summed E-state index contributed by atoms with van der Waals surface area (Å²) in [4.78, 5) is 25.3. The number of carbonyl (C=O) groups is 1. The molecule has 136 valence electrons. The van der Waals surface area contributed by atoms with Crippen LogP contribution < -0.4 is 10.2 Å². The third-order valence-corrected chi connectivity index (χ3v) is 4.85. The Morgan fingerprint density at radius 2 is 2.33 bits per heavy atom. The summed E-state index contributed by atoms with van der Waals surface area (Å²) in [5, 5.41) is 21.6. The number of nitrogens with one attached hydrogen (secondary N) is 2. The second-order valence-electron chi connectivity index (χ2n) is 6.59. The van der Waals surface area contributed by atoms with Crippen molar-refractivity contribution in [3.63, 3.8) is 0 Å². The van der Waals surface area contributed by atoms with Crippen molar-refractivity contribution >= 4 is 22.8 Å². The third-order valence-electron chi connectivity index (χ3n) is 4.85. The first kappa shape index (κ1) is 16.8. The number of nitrogens with zero attached hydrogens (tertiary/aromatic N) is 4. The molecule has 1 aromatic carbocycles. The summed E-state index contributed by atoms with van der Waals surface area (Å²) in [5.74, 6) is 0.769. The zero-order valence-electron chi connectivity index (χ0n) is 14.7. The molecule has 3 aromatic rings. The van der Waals surface area contributed by atoms with Gasteiger partial charge in [0.25, 0.3) is 0 Å². The van der Waals surface area contributed by atoms with E-state index in [0.717, 1.165) is 46.6 Å². The molecule has 3 N–H and O–H groups in total. The fourth-order valence-corrected chi connectivity index (χ4v) is 3.62. The maximum atomic E-state index is 10.8. The van der Waals surface area contributed by atoms with Gasteiger partial charge in [0.05, 0.1) is 34.7 Å². The first-order valence-corrected chi connectivity index (χ1v) is 8.65. The van der Waals surface area contributed by atoms with Gasteiger partial charge < -0.3 is 20.3 Å². The van der Waals surface area contributed by atoms with Crippen LogP contribution >= 0.6 is 0 Å². The lowest BCUT2D eigenvalue weighted by Crippen LogP contribution is -2.36. The van der Waals surface area contributed by atoms with Gasteiger partial charge >= 0.3 is 6.09 Å². The Balaban J connectivity index is 1.64. The highest BCUT2D eigenvalue weighted by Crippen LogP contribution is 2.30. The normalized spacial score (nSPS) is 16.4. The molecule has 1 aliphatic heterocycles. The van der Waals surface area contributed by atoms with Gasteiger partial charge in [0.2, 0.25) is 0 Å². The number of hydrogen-bond acceptors (Lipinski definition) is 5. The highest BCUT2D eigenvalue weighted by atomic mass is 16.4. The predicted molar refractivity (Wildman–Crippen MR) is 101 cm³/mol. The molecule has 0 bridgehead atoms. The van der Waals surface area contributed by atoms with E-state index in [9.17, 15) is 10.1 Å². The number of benzene rings is 1. The summed E-state index contributed by atoms with van der Waals surface area (Å²) < 4.78 is 0. The highest BCUT2D eigenvalue weighted by Gasteiger charge is 2.26. The molecule has 2 aromatic heterocycles. The van der Waals surface area contributed by atoms with Gasteiger partial charge in [-0.05, 0) is 19.4 Å². The zero-order chi connectivity index (χ0) is 19.0. The molecule has 1 amide bonds. The van der Waals surface area contributed by atoms with E-state index >= 15 is 0 Å². The molecule has 1 aliphatic rings. The second kappa shape index (κ2) is 6.61. The van der Waals surface area contributed by atoms with E-state index in [2.05, 4.69) is 26.3 Å². The minimum Gasteiger partial charge on any atom is -0.465 e. The van der Waals surface area contributed by atoms with Crippen molar-refractivity contribution in [2.24, 2.45) is 0 Å². The van der Waals surface area contributed by atoms with Crippen LogP contribution in [0, 0.1) is 18.3 Å². The molecular weight excluding hydrogens is 344 g/mol. The van der Waals surface area contributed by atoms with Crippen LogP contribution in [-0.4, -0.2) is 45.3 Å². The summed E-state index contributed by atoms with van der Waals surface area (Å²) in [6.45, 7) is 3.22. The van der Waals surface area contributed by atoms with Crippen molar-refractivity contribution in [3.05, 3.63) is 41.9 Å². The van der Waals surface area contributed by atoms with Crippen molar-refractivity contribution in [1.82, 2.24) is 20.3 Å². The van der Waals surface area contributed by atoms with E-state index < -0.39 is 6.09 Å². The molecule has 1 saturated heterocycles. The number of amides is 1. The van der Waals surface area contributed by atoms with Gasteiger partial charge in [-0.25, -0.2) is 14.8 Å². The zero-order valence-corrected chi connectivity index (χ0v) is 14.7. The summed E-state index contributed by atoms with van der Waals surface area (Å²) in [6.07, 6.45) is 3.31. The molecule has 27 heavy (non-hydrogen) atoms. The summed E-state index contributed by atoms with van der Waals surface area (Å²) in [6, 6.07) is 7.68. The highest BCUT2D eigenvalue weighted by molar-refractivity contribution is 5.97. The number of fused-ring (bicyclic) bond motifs is 1. The number of rotatable bonds is 3. The quantitative estimate of drug-likeness (QED) is 0.659. The van der Waals surface area contributed by atoms with Crippen molar-refractivity contribution < 1.29 is 9.90 Å². The molecular formula is C19H18N6O2. The Labute approximate surface area is 155 Å². The number of carboxylic acid groups (broad SMARTS) is 1. The number of hydrogen-bond donors (Lipinski definition) is 3. The van der Waals surface area contributed by atoms with E-state index in [-0.39, 0.29) is 6.04 Å². The monoisotopic (exact) mass is 362 g/mol. The number of anilines is 1. The minimum absolute atomic E-state index is 0.0959. The average Bonchev–Trinajstić information content (AvgIpc) is 3.27. The van der Waals surface area contributed by atoms with Gasteiger partial charge in [-0.15, -0.1) is 0 Å². The number of para-hydroxylation sites is 1. The Kier molecular flexibility index (Phi) is 4.12. The third kappa shape index (κ3) is 3.04. The van der Waals surface area contributed by atoms with E-state index in [1.54, 1.807) is 12.3 Å². The lowest BCUT2D eigenvalue weighted by Gasteiger charge is -2.19.